The van der Waals surface area contributed by atoms with E-state index in [9.17, 15) is 4.79 Å². The molecule has 0 aromatic heterocycles. The van der Waals surface area contributed by atoms with E-state index in [1.54, 1.807) is 0 Å². The fourth-order valence-corrected chi connectivity index (χ4v) is 2.35. The third-order valence-corrected chi connectivity index (χ3v) is 3.31. The van der Waals surface area contributed by atoms with Gasteiger partial charge in [0, 0.05) is 6.04 Å². The molecule has 3 N–H and O–H groups in total. The fraction of sp³-hybridized carbons (Fsp3) is 0.929. The van der Waals surface area contributed by atoms with Gasteiger partial charge in [0.05, 0.1) is 0 Å². The van der Waals surface area contributed by atoms with E-state index in [-0.39, 0.29) is 17.6 Å². The zero-order valence-electron chi connectivity index (χ0n) is 12.5. The number of ether oxygens (including phenoxy) is 1. The molecule has 1 fully saturated rings. The molecule has 0 aliphatic heterocycles. The summed E-state index contributed by atoms with van der Waals surface area (Å²) in [5.41, 5.74) is 5.26. The van der Waals surface area contributed by atoms with E-state index in [1.807, 2.05) is 20.8 Å². The van der Waals surface area contributed by atoms with Gasteiger partial charge in [-0.3, -0.25) is 0 Å². The second-order valence-electron chi connectivity index (χ2n) is 7.39. The lowest BCUT2D eigenvalue weighted by Gasteiger charge is -2.33. The van der Waals surface area contributed by atoms with Crippen LogP contribution >= 0.6 is 0 Å². The van der Waals surface area contributed by atoms with Crippen LogP contribution in [0.1, 0.15) is 48.0 Å². The molecule has 0 saturated heterocycles. The van der Waals surface area contributed by atoms with E-state index in [4.69, 9.17) is 10.5 Å². The second-order valence-corrected chi connectivity index (χ2v) is 7.39. The summed E-state index contributed by atoms with van der Waals surface area (Å²) in [5.74, 6) is 1.03. The number of alkyl carbamates (subject to hydrolysis) is 1. The summed E-state index contributed by atoms with van der Waals surface area (Å²) in [4.78, 5) is 11.9. The van der Waals surface area contributed by atoms with Crippen molar-refractivity contribution in [2.75, 3.05) is 6.54 Å². The number of rotatable bonds is 3. The van der Waals surface area contributed by atoms with Crippen molar-refractivity contribution in [2.24, 2.45) is 23.0 Å². The summed E-state index contributed by atoms with van der Waals surface area (Å²) in [5, 5.41) is 3.02. The van der Waals surface area contributed by atoms with E-state index in [1.165, 1.54) is 0 Å². The molecule has 18 heavy (non-hydrogen) atoms. The van der Waals surface area contributed by atoms with E-state index < -0.39 is 5.60 Å². The predicted molar refractivity (Wildman–Crippen MR) is 73.3 cm³/mol. The minimum Gasteiger partial charge on any atom is -0.444 e. The average molecular weight is 256 g/mol. The molecule has 0 aromatic carbocycles. The largest absolute Gasteiger partial charge is 0.444 e. The van der Waals surface area contributed by atoms with Crippen molar-refractivity contribution >= 4 is 6.09 Å². The third kappa shape index (κ3) is 4.48. The molecule has 3 atom stereocenters. The predicted octanol–water partition coefficient (Wildman–Crippen LogP) is 2.52. The first-order valence-electron chi connectivity index (χ1n) is 6.74. The highest BCUT2D eigenvalue weighted by molar-refractivity contribution is 5.68. The Hall–Kier alpha value is -0.770. The number of carbonyl (C=O) groups excluding carboxylic acids is 1. The molecule has 106 valence electrons. The Bertz CT molecular complexity index is 302. The zero-order chi connectivity index (χ0) is 14.1. The molecular formula is C14H28N2O2. The molecule has 0 heterocycles. The van der Waals surface area contributed by atoms with Gasteiger partial charge in [-0.05, 0) is 51.0 Å². The van der Waals surface area contributed by atoms with Crippen LogP contribution in [0.5, 0.6) is 0 Å². The van der Waals surface area contributed by atoms with Gasteiger partial charge in [-0.25, -0.2) is 4.79 Å². The Morgan fingerprint density at radius 1 is 1.33 bits per heavy atom. The molecule has 4 heteroatoms. The van der Waals surface area contributed by atoms with Gasteiger partial charge in [-0.2, -0.15) is 0 Å². The van der Waals surface area contributed by atoms with Crippen molar-refractivity contribution in [2.45, 2.75) is 59.6 Å². The van der Waals surface area contributed by atoms with Gasteiger partial charge in [-0.1, -0.05) is 20.8 Å². The molecule has 0 spiro atoms. The summed E-state index contributed by atoms with van der Waals surface area (Å²) in [7, 11) is 0. The smallest absolute Gasteiger partial charge is 0.407 e. The minimum atomic E-state index is -0.455. The van der Waals surface area contributed by atoms with Gasteiger partial charge in [0.15, 0.2) is 0 Å². The van der Waals surface area contributed by atoms with Crippen LogP contribution in [-0.4, -0.2) is 24.3 Å². The van der Waals surface area contributed by atoms with Gasteiger partial charge >= 0.3 is 6.09 Å². The second kappa shape index (κ2) is 5.08. The summed E-state index contributed by atoms with van der Waals surface area (Å²) in [6.45, 7) is 12.7. The van der Waals surface area contributed by atoms with E-state index in [0.29, 0.717) is 18.4 Å². The quantitative estimate of drug-likeness (QED) is 0.815. The van der Waals surface area contributed by atoms with Gasteiger partial charge < -0.3 is 15.8 Å². The Labute approximate surface area is 111 Å². The van der Waals surface area contributed by atoms with Gasteiger partial charge in [0.2, 0.25) is 0 Å². The number of hydrogen-bond donors (Lipinski definition) is 2. The normalized spacial score (nSPS) is 25.5. The highest BCUT2D eigenvalue weighted by Gasteiger charge is 2.47. The molecule has 1 aliphatic rings. The lowest BCUT2D eigenvalue weighted by molar-refractivity contribution is 0.0448. The van der Waals surface area contributed by atoms with Crippen LogP contribution in [0.3, 0.4) is 0 Å². The number of nitrogens with two attached hydrogens (primary N) is 1. The van der Waals surface area contributed by atoms with Crippen molar-refractivity contribution in [1.29, 1.82) is 0 Å². The highest BCUT2D eigenvalue weighted by atomic mass is 16.6. The molecule has 1 unspecified atom stereocenters. The first-order valence-corrected chi connectivity index (χ1v) is 6.74. The molecule has 1 saturated carbocycles. The van der Waals surface area contributed by atoms with Crippen LogP contribution in [0.25, 0.3) is 0 Å². The third-order valence-electron chi connectivity index (χ3n) is 3.31. The maximum atomic E-state index is 11.9. The Balaban J connectivity index is 2.61. The highest BCUT2D eigenvalue weighted by Crippen LogP contribution is 2.45. The minimum absolute atomic E-state index is 0.0193. The zero-order valence-corrected chi connectivity index (χ0v) is 12.5. The van der Waals surface area contributed by atoms with Gasteiger partial charge in [0.1, 0.15) is 5.60 Å². The molecule has 0 bridgehead atoms. The molecule has 1 amide bonds. The Morgan fingerprint density at radius 2 is 1.89 bits per heavy atom. The Morgan fingerprint density at radius 3 is 2.22 bits per heavy atom. The van der Waals surface area contributed by atoms with Gasteiger partial charge in [-0.15, -0.1) is 0 Å². The standard InChI is InChI=1S/C14H28N2O2/c1-13(2,3)11(10-7-9(10)8-15)16-12(17)18-14(4,5)6/h9-11H,7-8,15H2,1-6H3,(H,16,17)/t9-,10+,11?/m0/s1. The fourth-order valence-electron chi connectivity index (χ4n) is 2.35. The van der Waals surface area contributed by atoms with Gasteiger partial charge in [0.25, 0.3) is 0 Å². The van der Waals surface area contributed by atoms with E-state index in [0.717, 1.165) is 6.42 Å². The lowest BCUT2D eigenvalue weighted by Crippen LogP contribution is -2.47. The van der Waals surface area contributed by atoms with Crippen molar-refractivity contribution in [3.05, 3.63) is 0 Å². The van der Waals surface area contributed by atoms with Crippen molar-refractivity contribution in [3.8, 4) is 0 Å². The lowest BCUT2D eigenvalue weighted by atomic mass is 9.83. The summed E-state index contributed by atoms with van der Waals surface area (Å²) in [6.07, 6.45) is 0.777. The maximum Gasteiger partial charge on any atom is 0.407 e. The van der Waals surface area contributed by atoms with Crippen LogP contribution < -0.4 is 11.1 Å². The average Bonchev–Trinajstić information content (AvgIpc) is 2.88. The number of amides is 1. The molecule has 1 aliphatic carbocycles. The number of hydrogen-bond acceptors (Lipinski definition) is 3. The van der Waals surface area contributed by atoms with Crippen LogP contribution in [-0.2, 0) is 4.74 Å². The first-order chi connectivity index (χ1) is 8.04. The Kier molecular flexibility index (Phi) is 4.31. The molecular weight excluding hydrogens is 228 g/mol. The van der Waals surface area contributed by atoms with E-state index >= 15 is 0 Å². The van der Waals surface area contributed by atoms with Crippen LogP contribution in [0, 0.1) is 17.3 Å². The summed E-state index contributed by atoms with van der Waals surface area (Å²) >= 11 is 0. The topological polar surface area (TPSA) is 64.3 Å². The molecule has 0 radical (unpaired) electrons. The van der Waals surface area contributed by atoms with Crippen molar-refractivity contribution < 1.29 is 9.53 Å². The first kappa shape index (κ1) is 15.3. The molecule has 4 nitrogen and oxygen atoms in total. The number of nitrogens with one attached hydrogen (secondary N) is 1. The summed E-state index contributed by atoms with van der Waals surface area (Å²) < 4.78 is 5.33. The van der Waals surface area contributed by atoms with Crippen LogP contribution in [0.4, 0.5) is 4.79 Å². The monoisotopic (exact) mass is 256 g/mol. The van der Waals surface area contributed by atoms with Crippen LogP contribution in [0.2, 0.25) is 0 Å². The SMILES string of the molecule is CC(C)(C)OC(=O)NC([C@@H]1C[C@H]1CN)C(C)(C)C. The summed E-state index contributed by atoms with van der Waals surface area (Å²) in [6, 6.07) is 0.126. The van der Waals surface area contributed by atoms with Crippen molar-refractivity contribution in [3.63, 3.8) is 0 Å². The molecule has 1 rings (SSSR count). The molecule has 0 aromatic rings. The maximum absolute atomic E-state index is 11.9. The van der Waals surface area contributed by atoms with E-state index in [2.05, 4.69) is 26.1 Å². The number of carbonyl (C=O) groups is 1. The van der Waals surface area contributed by atoms with Crippen LogP contribution in [0.15, 0.2) is 0 Å². The van der Waals surface area contributed by atoms with Crippen molar-refractivity contribution in [1.82, 2.24) is 5.32 Å².